The topological polar surface area (TPSA) is 29.0 Å². The average Bonchev–Trinajstić information content (AvgIpc) is 2.72. The highest BCUT2D eigenvalue weighted by molar-refractivity contribution is 6.30. The number of hydrogen-bond acceptors (Lipinski definition) is 3. The number of halogens is 1. The molecule has 1 aromatic heterocycles. The number of nitrogens with zero attached hydrogens (tertiary/aromatic N) is 3. The number of aryl methyl sites for hydroxylation is 2. The summed E-state index contributed by atoms with van der Waals surface area (Å²) in [6.07, 6.45) is 3.07. The summed E-state index contributed by atoms with van der Waals surface area (Å²) in [6, 6.07) is 8.68. The maximum atomic E-state index is 6.28. The molecule has 0 spiro atoms. The van der Waals surface area contributed by atoms with Gasteiger partial charge in [-0.15, -0.1) is 0 Å². The van der Waals surface area contributed by atoms with Gasteiger partial charge in [0.25, 0.3) is 0 Å². The fourth-order valence-corrected chi connectivity index (χ4v) is 3.05. The highest BCUT2D eigenvalue weighted by Gasteiger charge is 2.19. The molecule has 4 heteroatoms. The molecule has 3 rings (SSSR count). The number of anilines is 1. The summed E-state index contributed by atoms with van der Waals surface area (Å²) in [5, 5.41) is 0.578. The number of benzene rings is 1. The summed E-state index contributed by atoms with van der Waals surface area (Å²) in [6.45, 7) is 5.97. The van der Waals surface area contributed by atoms with Crippen LogP contribution in [-0.2, 0) is 19.4 Å². The fourth-order valence-electron chi connectivity index (χ4n) is 2.87. The van der Waals surface area contributed by atoms with Crippen LogP contribution < -0.4 is 4.90 Å². The highest BCUT2D eigenvalue weighted by atomic mass is 35.5. The molecular weight excluding hydrogens is 282 g/mol. The van der Waals surface area contributed by atoms with Crippen molar-refractivity contribution >= 4 is 17.4 Å². The normalized spacial score (nSPS) is 14.7. The van der Waals surface area contributed by atoms with Crippen LogP contribution in [0.3, 0.4) is 0 Å². The molecule has 0 saturated carbocycles. The van der Waals surface area contributed by atoms with Crippen molar-refractivity contribution in [2.45, 2.75) is 39.7 Å². The lowest BCUT2D eigenvalue weighted by atomic mass is 10.0. The Morgan fingerprint density at radius 3 is 2.71 bits per heavy atom. The van der Waals surface area contributed by atoms with E-state index in [2.05, 4.69) is 41.1 Å². The largest absolute Gasteiger partial charge is 0.352 e. The third-order valence-electron chi connectivity index (χ3n) is 4.08. The molecule has 3 nitrogen and oxygen atoms in total. The van der Waals surface area contributed by atoms with Crippen molar-refractivity contribution in [2.75, 3.05) is 11.4 Å². The number of rotatable bonds is 2. The van der Waals surface area contributed by atoms with Crippen LogP contribution in [0.1, 0.15) is 35.9 Å². The molecule has 21 heavy (non-hydrogen) atoms. The first-order valence-electron chi connectivity index (χ1n) is 7.53. The van der Waals surface area contributed by atoms with Crippen molar-refractivity contribution in [1.82, 2.24) is 9.97 Å². The third-order valence-corrected chi connectivity index (χ3v) is 4.44. The van der Waals surface area contributed by atoms with E-state index in [0.717, 1.165) is 49.6 Å². The van der Waals surface area contributed by atoms with Gasteiger partial charge < -0.3 is 4.90 Å². The van der Waals surface area contributed by atoms with Crippen molar-refractivity contribution < 1.29 is 0 Å². The van der Waals surface area contributed by atoms with E-state index < -0.39 is 0 Å². The molecule has 0 saturated heterocycles. The minimum Gasteiger partial charge on any atom is -0.352 e. The predicted molar refractivity (Wildman–Crippen MR) is 87.0 cm³/mol. The molecule has 0 bridgehead atoms. The quantitative estimate of drug-likeness (QED) is 0.786. The zero-order valence-electron chi connectivity index (χ0n) is 12.6. The molecule has 0 aliphatic carbocycles. The first-order valence-corrected chi connectivity index (χ1v) is 7.91. The smallest absolute Gasteiger partial charge is 0.137 e. The van der Waals surface area contributed by atoms with Gasteiger partial charge in [-0.25, -0.2) is 9.97 Å². The van der Waals surface area contributed by atoms with Crippen LogP contribution in [-0.4, -0.2) is 16.5 Å². The molecule has 0 N–H and O–H groups in total. The Bertz CT molecular complexity index is 654. The molecule has 0 unspecified atom stereocenters. The van der Waals surface area contributed by atoms with Gasteiger partial charge in [-0.1, -0.05) is 42.8 Å². The van der Waals surface area contributed by atoms with Gasteiger partial charge >= 0.3 is 0 Å². The van der Waals surface area contributed by atoms with Crippen LogP contribution in [0.15, 0.2) is 24.3 Å². The lowest BCUT2D eigenvalue weighted by molar-refractivity contribution is 0.742. The summed E-state index contributed by atoms with van der Waals surface area (Å²) in [5.74, 6) is 1.81. The minimum atomic E-state index is 0.578. The molecule has 1 aliphatic heterocycles. The van der Waals surface area contributed by atoms with Crippen LogP contribution >= 0.6 is 11.6 Å². The summed E-state index contributed by atoms with van der Waals surface area (Å²) in [5.41, 5.74) is 3.82. The van der Waals surface area contributed by atoms with Crippen molar-refractivity contribution in [1.29, 1.82) is 0 Å². The van der Waals surface area contributed by atoms with Crippen LogP contribution in [0.4, 0.5) is 5.82 Å². The van der Waals surface area contributed by atoms with E-state index in [9.17, 15) is 0 Å². The Balaban J connectivity index is 1.99. The zero-order chi connectivity index (χ0) is 14.8. The van der Waals surface area contributed by atoms with E-state index in [1.54, 1.807) is 0 Å². The Kier molecular flexibility index (Phi) is 4.11. The van der Waals surface area contributed by atoms with Gasteiger partial charge in [0, 0.05) is 25.1 Å². The molecule has 110 valence electrons. The fraction of sp³-hybridized carbons (Fsp3) is 0.412. The average molecular weight is 302 g/mol. The van der Waals surface area contributed by atoms with Gasteiger partial charge in [0.05, 0.1) is 0 Å². The summed E-state index contributed by atoms with van der Waals surface area (Å²) < 4.78 is 0. The van der Waals surface area contributed by atoms with E-state index >= 15 is 0 Å². The monoisotopic (exact) mass is 301 g/mol. The van der Waals surface area contributed by atoms with Crippen LogP contribution in [0.2, 0.25) is 5.15 Å². The Morgan fingerprint density at radius 1 is 1.19 bits per heavy atom. The van der Waals surface area contributed by atoms with Gasteiger partial charge in [-0.05, 0) is 30.9 Å². The molecule has 0 radical (unpaired) electrons. The van der Waals surface area contributed by atoms with E-state index in [1.165, 1.54) is 11.1 Å². The SMILES string of the molecule is CCc1nc(Cl)c(C)c(N2CCCc3ccccc3C2)n1. The Labute approximate surface area is 131 Å². The number of fused-ring (bicyclic) bond motifs is 1. The summed E-state index contributed by atoms with van der Waals surface area (Å²) >= 11 is 6.28. The van der Waals surface area contributed by atoms with Gasteiger partial charge in [0.15, 0.2) is 0 Å². The minimum absolute atomic E-state index is 0.578. The maximum absolute atomic E-state index is 6.28. The lowest BCUT2D eigenvalue weighted by Gasteiger charge is -2.24. The first-order chi connectivity index (χ1) is 10.2. The van der Waals surface area contributed by atoms with Gasteiger partial charge in [0.2, 0.25) is 0 Å². The van der Waals surface area contributed by atoms with Gasteiger partial charge in [-0.2, -0.15) is 0 Å². The zero-order valence-corrected chi connectivity index (χ0v) is 13.3. The molecule has 2 aromatic rings. The standard InChI is InChI=1S/C17H20ClN3/c1-3-15-19-16(18)12(2)17(20-15)21-10-6-9-13-7-4-5-8-14(13)11-21/h4-5,7-8H,3,6,9-11H2,1-2H3. The van der Waals surface area contributed by atoms with Crippen LogP contribution in [0, 0.1) is 6.92 Å². The number of aromatic nitrogens is 2. The molecule has 1 aromatic carbocycles. The second-order valence-corrected chi connectivity index (χ2v) is 5.88. The van der Waals surface area contributed by atoms with E-state index in [1.807, 2.05) is 6.92 Å². The van der Waals surface area contributed by atoms with Crippen molar-refractivity contribution in [2.24, 2.45) is 0 Å². The lowest BCUT2D eigenvalue weighted by Crippen LogP contribution is -2.25. The first kappa shape index (κ1) is 14.3. The Hall–Kier alpha value is -1.61. The molecule has 0 amide bonds. The third kappa shape index (κ3) is 2.88. The van der Waals surface area contributed by atoms with Gasteiger partial charge in [0.1, 0.15) is 16.8 Å². The van der Waals surface area contributed by atoms with Crippen molar-refractivity contribution in [3.63, 3.8) is 0 Å². The van der Waals surface area contributed by atoms with E-state index in [-0.39, 0.29) is 0 Å². The second kappa shape index (κ2) is 6.02. The molecular formula is C17H20ClN3. The molecule has 2 heterocycles. The molecule has 0 fully saturated rings. The summed E-state index contributed by atoms with van der Waals surface area (Å²) in [7, 11) is 0. The summed E-state index contributed by atoms with van der Waals surface area (Å²) in [4.78, 5) is 11.4. The Morgan fingerprint density at radius 2 is 1.95 bits per heavy atom. The van der Waals surface area contributed by atoms with E-state index in [4.69, 9.17) is 16.6 Å². The van der Waals surface area contributed by atoms with Crippen molar-refractivity contribution in [3.05, 3.63) is 51.9 Å². The van der Waals surface area contributed by atoms with Crippen LogP contribution in [0.25, 0.3) is 0 Å². The van der Waals surface area contributed by atoms with Gasteiger partial charge in [-0.3, -0.25) is 0 Å². The van der Waals surface area contributed by atoms with E-state index in [0.29, 0.717) is 5.15 Å². The number of hydrogen-bond donors (Lipinski definition) is 0. The maximum Gasteiger partial charge on any atom is 0.137 e. The predicted octanol–water partition coefficient (Wildman–Crippen LogP) is 3.95. The molecule has 1 aliphatic rings. The molecule has 0 atom stereocenters. The second-order valence-electron chi connectivity index (χ2n) is 5.53. The van der Waals surface area contributed by atoms with Crippen LogP contribution in [0.5, 0.6) is 0 Å². The van der Waals surface area contributed by atoms with Crippen molar-refractivity contribution in [3.8, 4) is 0 Å². The highest BCUT2D eigenvalue weighted by Crippen LogP contribution is 2.28.